The molecule has 27 heavy (non-hydrogen) atoms. The van der Waals surface area contributed by atoms with Crippen molar-refractivity contribution in [3.63, 3.8) is 0 Å². The first-order valence-corrected chi connectivity index (χ1v) is 11.0. The molecule has 0 amide bonds. The van der Waals surface area contributed by atoms with Gasteiger partial charge in [0.15, 0.2) is 0 Å². The van der Waals surface area contributed by atoms with Crippen LogP contribution in [0.4, 0.5) is 5.69 Å². The summed E-state index contributed by atoms with van der Waals surface area (Å²) in [4.78, 5) is 4.67. The lowest BCUT2D eigenvalue weighted by atomic mass is 10.2. The van der Waals surface area contributed by atoms with Crippen LogP contribution in [0.2, 0.25) is 0 Å². The molecule has 0 saturated heterocycles. The van der Waals surface area contributed by atoms with Gasteiger partial charge < -0.3 is 5.11 Å². The van der Waals surface area contributed by atoms with E-state index in [1.165, 1.54) is 35.6 Å². The third kappa shape index (κ3) is 3.69. The quantitative estimate of drug-likeness (QED) is 0.408. The Hall–Kier alpha value is -2.42. The van der Waals surface area contributed by atoms with Crippen LogP contribution < -0.4 is 4.72 Å². The Morgan fingerprint density at radius 1 is 1.00 bits per heavy atom. The van der Waals surface area contributed by atoms with Crippen molar-refractivity contribution in [2.75, 3.05) is 4.72 Å². The molecule has 0 aliphatic heterocycles. The predicted molar refractivity (Wildman–Crippen MR) is 112 cm³/mol. The van der Waals surface area contributed by atoms with Crippen molar-refractivity contribution in [2.45, 2.75) is 4.90 Å². The van der Waals surface area contributed by atoms with Gasteiger partial charge >= 0.3 is 0 Å². The average Bonchev–Trinajstić information content (AvgIpc) is 3.07. The summed E-state index contributed by atoms with van der Waals surface area (Å²) in [7, 11) is -3.75. The Balaban J connectivity index is 1.72. The maximum Gasteiger partial charge on any atom is 0.261 e. The molecule has 4 aromatic rings. The molecular weight excluding hydrogens is 448 g/mol. The van der Waals surface area contributed by atoms with Gasteiger partial charge in [0.25, 0.3) is 10.0 Å². The number of sulfonamides is 1. The third-order valence-electron chi connectivity index (χ3n) is 3.88. The van der Waals surface area contributed by atoms with Gasteiger partial charge in [0, 0.05) is 10.2 Å². The first-order valence-electron chi connectivity index (χ1n) is 7.90. The summed E-state index contributed by atoms with van der Waals surface area (Å²) in [5.41, 5.74) is 1.66. The number of benzene rings is 3. The van der Waals surface area contributed by atoms with Crippen LogP contribution in [0, 0.1) is 0 Å². The number of phenolic OH excluding ortho intramolecular Hbond substituents is 1. The molecule has 0 radical (unpaired) electrons. The Bertz CT molecular complexity index is 1220. The maximum absolute atomic E-state index is 12.6. The first kappa shape index (κ1) is 18.0. The molecule has 1 aromatic heterocycles. The Labute approximate surface area is 168 Å². The summed E-state index contributed by atoms with van der Waals surface area (Å²) in [6.45, 7) is 0. The lowest BCUT2D eigenvalue weighted by Crippen LogP contribution is -2.12. The van der Waals surface area contributed by atoms with Crippen molar-refractivity contribution in [1.82, 2.24) is 4.98 Å². The minimum absolute atomic E-state index is 0.0412. The zero-order valence-corrected chi connectivity index (χ0v) is 17.0. The molecular formula is C19H13BrN2O3S2. The van der Waals surface area contributed by atoms with Crippen LogP contribution in [-0.4, -0.2) is 18.5 Å². The normalized spacial score (nSPS) is 11.6. The Morgan fingerprint density at radius 2 is 1.81 bits per heavy atom. The van der Waals surface area contributed by atoms with E-state index in [0.717, 1.165) is 10.2 Å². The minimum Gasteiger partial charge on any atom is -0.507 e. The van der Waals surface area contributed by atoms with Gasteiger partial charge in [-0.1, -0.05) is 34.1 Å². The van der Waals surface area contributed by atoms with Gasteiger partial charge in [-0.15, -0.1) is 11.3 Å². The van der Waals surface area contributed by atoms with Crippen LogP contribution >= 0.6 is 27.3 Å². The predicted octanol–water partition coefficient (Wildman–Crippen LogP) is 5.23. The van der Waals surface area contributed by atoms with Crippen LogP contribution in [0.15, 0.2) is 76.1 Å². The number of aromatic nitrogens is 1. The van der Waals surface area contributed by atoms with Crippen molar-refractivity contribution in [1.29, 1.82) is 0 Å². The van der Waals surface area contributed by atoms with Gasteiger partial charge in [0.1, 0.15) is 10.8 Å². The number of nitrogens with one attached hydrogen (secondary N) is 1. The lowest BCUT2D eigenvalue weighted by molar-refractivity contribution is 0.477. The summed E-state index contributed by atoms with van der Waals surface area (Å²) in [6.07, 6.45) is 0. The second kappa shape index (κ2) is 6.95. The number of fused-ring (bicyclic) bond motifs is 1. The topological polar surface area (TPSA) is 79.3 Å². The number of nitrogens with zero attached hydrogens (tertiary/aromatic N) is 1. The van der Waals surface area contributed by atoms with Crippen molar-refractivity contribution in [2.24, 2.45) is 0 Å². The summed E-state index contributed by atoms with van der Waals surface area (Å²) in [5, 5.41) is 10.9. The molecule has 8 heteroatoms. The molecule has 2 N–H and O–H groups in total. The minimum atomic E-state index is -3.75. The Morgan fingerprint density at radius 3 is 2.59 bits per heavy atom. The summed E-state index contributed by atoms with van der Waals surface area (Å²) in [5.74, 6) is 0.0412. The molecule has 0 spiro atoms. The smallest absolute Gasteiger partial charge is 0.261 e. The van der Waals surface area contributed by atoms with Gasteiger partial charge in [0.2, 0.25) is 0 Å². The number of thiazole rings is 1. The molecule has 0 atom stereocenters. The fraction of sp³-hybridized carbons (Fsp3) is 0. The number of rotatable bonds is 4. The van der Waals surface area contributed by atoms with Gasteiger partial charge in [0.05, 0.1) is 20.7 Å². The SMILES string of the molecule is O=S(=O)(Nc1ccc(O)c(-c2nc3ccccc3s2)c1)c1cccc(Br)c1. The van der Waals surface area contributed by atoms with Crippen molar-refractivity contribution < 1.29 is 13.5 Å². The lowest BCUT2D eigenvalue weighted by Gasteiger charge is -2.10. The van der Waals surface area contributed by atoms with Crippen LogP contribution in [-0.2, 0) is 10.0 Å². The molecule has 1 heterocycles. The van der Waals surface area contributed by atoms with E-state index >= 15 is 0 Å². The van der Waals surface area contributed by atoms with E-state index in [0.29, 0.717) is 20.7 Å². The number of hydrogen-bond acceptors (Lipinski definition) is 5. The zero-order valence-electron chi connectivity index (χ0n) is 13.8. The van der Waals surface area contributed by atoms with Crippen LogP contribution in [0.1, 0.15) is 0 Å². The third-order valence-corrected chi connectivity index (χ3v) is 6.82. The fourth-order valence-electron chi connectivity index (χ4n) is 2.61. The van der Waals surface area contributed by atoms with Crippen LogP contribution in [0.25, 0.3) is 20.8 Å². The number of para-hydroxylation sites is 1. The summed E-state index contributed by atoms with van der Waals surface area (Å²) < 4.78 is 29.5. The zero-order chi connectivity index (χ0) is 19.0. The number of phenols is 1. The first-order chi connectivity index (χ1) is 12.9. The highest BCUT2D eigenvalue weighted by Crippen LogP contribution is 2.37. The highest BCUT2D eigenvalue weighted by molar-refractivity contribution is 9.10. The number of anilines is 1. The molecule has 0 bridgehead atoms. The molecule has 0 saturated carbocycles. The number of halogens is 1. The molecule has 136 valence electrons. The highest BCUT2D eigenvalue weighted by Gasteiger charge is 2.17. The van der Waals surface area contributed by atoms with Gasteiger partial charge in [-0.05, 0) is 48.5 Å². The van der Waals surface area contributed by atoms with Crippen molar-refractivity contribution in [3.05, 3.63) is 71.2 Å². The summed E-state index contributed by atoms with van der Waals surface area (Å²) in [6, 6.07) is 18.7. The van der Waals surface area contributed by atoms with Gasteiger partial charge in [-0.3, -0.25) is 4.72 Å². The molecule has 0 aliphatic rings. The molecule has 3 aromatic carbocycles. The van der Waals surface area contributed by atoms with Crippen molar-refractivity contribution in [3.8, 4) is 16.3 Å². The van der Waals surface area contributed by atoms with Crippen LogP contribution in [0.3, 0.4) is 0 Å². The molecule has 0 fully saturated rings. The number of aromatic hydroxyl groups is 1. The largest absolute Gasteiger partial charge is 0.507 e. The van der Waals surface area contributed by atoms with Gasteiger partial charge in [-0.2, -0.15) is 0 Å². The molecule has 0 aliphatic carbocycles. The van der Waals surface area contributed by atoms with Gasteiger partial charge in [-0.25, -0.2) is 13.4 Å². The molecule has 4 rings (SSSR count). The fourth-order valence-corrected chi connectivity index (χ4v) is 5.24. The second-order valence-electron chi connectivity index (χ2n) is 5.78. The maximum atomic E-state index is 12.6. The van der Waals surface area contributed by atoms with Crippen molar-refractivity contribution >= 4 is 53.2 Å². The van der Waals surface area contributed by atoms with E-state index < -0.39 is 10.0 Å². The van der Waals surface area contributed by atoms with E-state index in [1.54, 1.807) is 18.2 Å². The van der Waals surface area contributed by atoms with Crippen LogP contribution in [0.5, 0.6) is 5.75 Å². The second-order valence-corrected chi connectivity index (χ2v) is 9.41. The highest BCUT2D eigenvalue weighted by atomic mass is 79.9. The molecule has 5 nitrogen and oxygen atoms in total. The number of hydrogen-bond donors (Lipinski definition) is 2. The molecule has 0 unspecified atom stereocenters. The van der Waals surface area contributed by atoms with E-state index in [9.17, 15) is 13.5 Å². The summed E-state index contributed by atoms with van der Waals surface area (Å²) >= 11 is 4.71. The monoisotopic (exact) mass is 460 g/mol. The van der Waals surface area contributed by atoms with E-state index in [4.69, 9.17) is 0 Å². The average molecular weight is 461 g/mol. The Kier molecular flexibility index (Phi) is 4.63. The standard InChI is InChI=1S/C19H13BrN2O3S2/c20-12-4-3-5-14(10-12)27(24,25)22-13-8-9-17(23)15(11-13)19-21-16-6-1-2-7-18(16)26-19/h1-11,22-23H. The van der Waals surface area contributed by atoms with E-state index in [-0.39, 0.29) is 10.6 Å². The van der Waals surface area contributed by atoms with E-state index in [2.05, 4.69) is 25.6 Å². The van der Waals surface area contributed by atoms with E-state index in [1.807, 2.05) is 24.3 Å².